The van der Waals surface area contributed by atoms with Crippen LogP contribution in [0.5, 0.6) is 0 Å². The number of hydrogen-bond acceptors (Lipinski definition) is 1. The number of nitrogens with zero attached hydrogens (tertiary/aromatic N) is 1. The van der Waals surface area contributed by atoms with Gasteiger partial charge in [-0.05, 0) is 37.0 Å². The maximum absolute atomic E-state index is 4.17. The van der Waals surface area contributed by atoms with Gasteiger partial charge < -0.3 is 0 Å². The van der Waals surface area contributed by atoms with Crippen LogP contribution >= 0.6 is 0 Å². The predicted molar refractivity (Wildman–Crippen MR) is 61.2 cm³/mol. The van der Waals surface area contributed by atoms with Gasteiger partial charge in [0.2, 0.25) is 0 Å². The summed E-state index contributed by atoms with van der Waals surface area (Å²) in [6.45, 7) is 12.7. The lowest BCUT2D eigenvalue weighted by Crippen LogP contribution is -2.38. The summed E-state index contributed by atoms with van der Waals surface area (Å²) in [7, 11) is 0. The van der Waals surface area contributed by atoms with Gasteiger partial charge in [-0.1, -0.05) is 31.7 Å². The van der Waals surface area contributed by atoms with Crippen molar-refractivity contribution in [1.82, 2.24) is 4.90 Å². The fourth-order valence-corrected chi connectivity index (χ4v) is 2.78. The summed E-state index contributed by atoms with van der Waals surface area (Å²) < 4.78 is 0. The van der Waals surface area contributed by atoms with E-state index in [4.69, 9.17) is 0 Å². The highest BCUT2D eigenvalue weighted by Crippen LogP contribution is 2.39. The quantitative estimate of drug-likeness (QED) is 0.645. The summed E-state index contributed by atoms with van der Waals surface area (Å²) in [5.41, 5.74) is 4.30. The van der Waals surface area contributed by atoms with Gasteiger partial charge in [-0.25, -0.2) is 0 Å². The van der Waals surface area contributed by atoms with E-state index >= 15 is 0 Å². The van der Waals surface area contributed by atoms with Crippen molar-refractivity contribution in [1.29, 1.82) is 0 Å². The number of fused-ring (bicyclic) bond motifs is 1. The molecule has 1 atom stereocenters. The van der Waals surface area contributed by atoms with Crippen molar-refractivity contribution in [3.8, 4) is 0 Å². The first-order valence-corrected chi connectivity index (χ1v) is 5.55. The molecule has 0 saturated heterocycles. The van der Waals surface area contributed by atoms with Crippen LogP contribution in [-0.2, 0) is 0 Å². The smallest absolute Gasteiger partial charge is 0.0356 e. The average molecular weight is 189 g/mol. The topological polar surface area (TPSA) is 3.24 Å². The Hall–Kier alpha value is -0.820. The molecule has 0 aromatic carbocycles. The first-order chi connectivity index (χ1) is 6.77. The number of likely N-dealkylation sites (N-methyl/N-ethyl adjacent to an activating group) is 1. The van der Waals surface area contributed by atoms with E-state index < -0.39 is 0 Å². The lowest BCUT2D eigenvalue weighted by molar-refractivity contribution is 0.226. The highest BCUT2D eigenvalue weighted by atomic mass is 15.2. The van der Waals surface area contributed by atoms with Crippen LogP contribution in [0, 0.1) is 0 Å². The molecule has 1 nitrogen and oxygen atoms in total. The normalized spacial score (nSPS) is 28.1. The van der Waals surface area contributed by atoms with Gasteiger partial charge in [-0.2, -0.15) is 0 Å². The molecule has 1 unspecified atom stereocenters. The van der Waals surface area contributed by atoms with Crippen LogP contribution in [0.15, 0.2) is 36.0 Å². The Kier molecular flexibility index (Phi) is 2.60. The van der Waals surface area contributed by atoms with Crippen LogP contribution in [-0.4, -0.2) is 24.0 Å². The van der Waals surface area contributed by atoms with Crippen molar-refractivity contribution in [2.24, 2.45) is 0 Å². The molecular formula is C13H19N. The lowest BCUT2D eigenvalue weighted by Gasteiger charge is -2.34. The van der Waals surface area contributed by atoms with Gasteiger partial charge >= 0.3 is 0 Å². The van der Waals surface area contributed by atoms with Crippen molar-refractivity contribution in [3.63, 3.8) is 0 Å². The van der Waals surface area contributed by atoms with Crippen LogP contribution < -0.4 is 0 Å². The van der Waals surface area contributed by atoms with Gasteiger partial charge in [0.25, 0.3) is 0 Å². The average Bonchev–Trinajstić information content (AvgIpc) is 2.60. The third kappa shape index (κ3) is 1.36. The number of rotatable bonds is 2. The van der Waals surface area contributed by atoms with Crippen LogP contribution in [0.2, 0.25) is 0 Å². The Balaban J connectivity index is 2.37. The Labute approximate surface area is 86.8 Å². The lowest BCUT2D eigenvalue weighted by atomic mass is 9.93. The van der Waals surface area contributed by atoms with Crippen LogP contribution in [0.4, 0.5) is 0 Å². The predicted octanol–water partition coefficient (Wildman–Crippen LogP) is 2.91. The summed E-state index contributed by atoms with van der Waals surface area (Å²) in [6.07, 6.45) is 5.63. The molecule has 1 saturated carbocycles. The van der Waals surface area contributed by atoms with E-state index in [1.54, 1.807) is 0 Å². The van der Waals surface area contributed by atoms with Gasteiger partial charge in [0, 0.05) is 12.6 Å². The van der Waals surface area contributed by atoms with E-state index in [0.29, 0.717) is 6.04 Å². The largest absolute Gasteiger partial charge is 0.296 e. The van der Waals surface area contributed by atoms with E-state index in [9.17, 15) is 0 Å². The molecule has 0 spiro atoms. The molecule has 1 aliphatic heterocycles. The SMILES string of the molecule is C=CC1=C2C(=C)CCC2N(CC)CC1. The van der Waals surface area contributed by atoms with Crippen LogP contribution in [0.3, 0.4) is 0 Å². The molecule has 1 aliphatic carbocycles. The molecule has 0 radical (unpaired) electrons. The summed E-state index contributed by atoms with van der Waals surface area (Å²) >= 11 is 0. The zero-order valence-electron chi connectivity index (χ0n) is 9.05. The van der Waals surface area contributed by atoms with Gasteiger partial charge in [-0.3, -0.25) is 4.90 Å². The molecule has 76 valence electrons. The molecule has 0 aromatic rings. The standard InChI is InChI=1S/C13H19N/c1-4-11-8-9-14(5-2)12-7-6-10(3)13(11)12/h4,12H,1,3,5-9H2,2H3. The third-order valence-electron chi connectivity index (χ3n) is 3.54. The zero-order chi connectivity index (χ0) is 10.1. The minimum atomic E-state index is 0.647. The van der Waals surface area contributed by atoms with Gasteiger partial charge in [0.05, 0.1) is 0 Å². The molecule has 1 fully saturated rings. The molecule has 1 heteroatoms. The maximum atomic E-state index is 4.17. The molecule has 0 N–H and O–H groups in total. The maximum Gasteiger partial charge on any atom is 0.0356 e. The highest BCUT2D eigenvalue weighted by molar-refractivity contribution is 5.46. The highest BCUT2D eigenvalue weighted by Gasteiger charge is 2.33. The second kappa shape index (κ2) is 3.74. The van der Waals surface area contributed by atoms with E-state index in [0.717, 1.165) is 13.0 Å². The summed E-state index contributed by atoms with van der Waals surface area (Å²) in [5.74, 6) is 0. The molecular weight excluding hydrogens is 170 g/mol. The summed E-state index contributed by atoms with van der Waals surface area (Å²) in [4.78, 5) is 2.57. The monoisotopic (exact) mass is 189 g/mol. The minimum Gasteiger partial charge on any atom is -0.296 e. The molecule has 0 aromatic heterocycles. The third-order valence-corrected chi connectivity index (χ3v) is 3.54. The van der Waals surface area contributed by atoms with Gasteiger partial charge in [0.15, 0.2) is 0 Å². The number of hydrogen-bond donors (Lipinski definition) is 0. The van der Waals surface area contributed by atoms with Gasteiger partial charge in [-0.15, -0.1) is 0 Å². The first-order valence-electron chi connectivity index (χ1n) is 5.55. The van der Waals surface area contributed by atoms with Crippen molar-refractivity contribution in [2.75, 3.05) is 13.1 Å². The van der Waals surface area contributed by atoms with Crippen LogP contribution in [0.1, 0.15) is 26.2 Å². The molecule has 0 amide bonds. The van der Waals surface area contributed by atoms with E-state index in [1.807, 2.05) is 6.08 Å². The fourth-order valence-electron chi connectivity index (χ4n) is 2.78. The van der Waals surface area contributed by atoms with E-state index in [1.165, 1.54) is 36.1 Å². The van der Waals surface area contributed by atoms with Crippen LogP contribution in [0.25, 0.3) is 0 Å². The summed E-state index contributed by atoms with van der Waals surface area (Å²) in [5, 5.41) is 0. The molecule has 14 heavy (non-hydrogen) atoms. The zero-order valence-corrected chi connectivity index (χ0v) is 9.05. The van der Waals surface area contributed by atoms with Crippen molar-refractivity contribution >= 4 is 0 Å². The van der Waals surface area contributed by atoms with E-state index in [2.05, 4.69) is 25.0 Å². The molecule has 1 heterocycles. The Morgan fingerprint density at radius 2 is 2.29 bits per heavy atom. The summed E-state index contributed by atoms with van der Waals surface area (Å²) in [6, 6.07) is 0.647. The fraction of sp³-hybridized carbons (Fsp3) is 0.538. The van der Waals surface area contributed by atoms with E-state index in [-0.39, 0.29) is 0 Å². The number of allylic oxidation sites excluding steroid dienone is 1. The Bertz CT molecular complexity index is 298. The second-order valence-corrected chi connectivity index (χ2v) is 4.18. The Morgan fingerprint density at radius 3 is 2.93 bits per heavy atom. The van der Waals surface area contributed by atoms with Crippen molar-refractivity contribution < 1.29 is 0 Å². The molecule has 2 aliphatic rings. The molecule has 0 bridgehead atoms. The van der Waals surface area contributed by atoms with Crippen molar-refractivity contribution in [3.05, 3.63) is 36.0 Å². The molecule has 2 rings (SSSR count). The minimum absolute atomic E-state index is 0.647. The van der Waals surface area contributed by atoms with Crippen molar-refractivity contribution in [2.45, 2.75) is 32.2 Å². The Morgan fingerprint density at radius 1 is 1.50 bits per heavy atom. The second-order valence-electron chi connectivity index (χ2n) is 4.18. The first kappa shape index (κ1) is 9.72. The van der Waals surface area contributed by atoms with Gasteiger partial charge in [0.1, 0.15) is 0 Å².